The van der Waals surface area contributed by atoms with Crippen molar-refractivity contribution in [1.29, 1.82) is 0 Å². The van der Waals surface area contributed by atoms with Gasteiger partial charge in [-0.3, -0.25) is 10.2 Å². The first-order valence-corrected chi connectivity index (χ1v) is 8.01. The molecule has 114 valence electrons. The summed E-state index contributed by atoms with van der Waals surface area (Å²) in [5, 5.41) is 2.60. The summed E-state index contributed by atoms with van der Waals surface area (Å²) < 4.78 is 1.08. The van der Waals surface area contributed by atoms with Gasteiger partial charge in [0.1, 0.15) is 10.3 Å². The second kappa shape index (κ2) is 5.26. The summed E-state index contributed by atoms with van der Waals surface area (Å²) in [6, 6.07) is 13.5. The van der Waals surface area contributed by atoms with Gasteiger partial charge >= 0.3 is 0 Å². The lowest BCUT2D eigenvalue weighted by molar-refractivity contribution is 0.0857. The highest BCUT2D eigenvalue weighted by molar-refractivity contribution is 7.25. The number of thiophene rings is 1. The molecule has 0 saturated carbocycles. The molecule has 0 spiro atoms. The monoisotopic (exact) mass is 322 g/mol. The van der Waals surface area contributed by atoms with Crippen LogP contribution in [0.4, 0.5) is 0 Å². The van der Waals surface area contributed by atoms with Crippen LogP contribution in [0.1, 0.15) is 10.4 Å². The average molecular weight is 322 g/mol. The van der Waals surface area contributed by atoms with Crippen molar-refractivity contribution in [2.75, 3.05) is 14.1 Å². The fourth-order valence-corrected chi connectivity index (χ4v) is 3.55. The van der Waals surface area contributed by atoms with Crippen LogP contribution in [-0.2, 0) is 0 Å². The van der Waals surface area contributed by atoms with Gasteiger partial charge in [-0.2, -0.15) is 0 Å². The maximum absolute atomic E-state index is 12.2. The lowest BCUT2D eigenvalue weighted by Gasteiger charge is -2.11. The number of fused-ring (bicyclic) bond motifs is 4. The minimum Gasteiger partial charge on any atom is -0.285 e. The number of hydrazine groups is 1. The van der Waals surface area contributed by atoms with Crippen LogP contribution in [0.25, 0.3) is 31.5 Å². The summed E-state index contributed by atoms with van der Waals surface area (Å²) in [6.07, 6.45) is 0. The Kier molecular flexibility index (Phi) is 3.21. The number of hydrogen-bond acceptors (Lipinski definition) is 5. The standard InChI is InChI=1S/C17H14N4OS/c1-21(2)20-16(22)10-7-8-14-11(9-10)15-17(23-14)19-13-6-4-3-5-12(13)18-15/h3-9H,1-2H3,(H,20,22). The first kappa shape index (κ1) is 14.0. The van der Waals surface area contributed by atoms with Crippen molar-refractivity contribution in [3.63, 3.8) is 0 Å². The van der Waals surface area contributed by atoms with Gasteiger partial charge in [0.25, 0.3) is 5.91 Å². The van der Waals surface area contributed by atoms with Crippen LogP contribution in [0.5, 0.6) is 0 Å². The van der Waals surface area contributed by atoms with Gasteiger partial charge in [0.05, 0.1) is 11.0 Å². The van der Waals surface area contributed by atoms with Gasteiger partial charge in [-0.05, 0) is 30.3 Å². The van der Waals surface area contributed by atoms with Crippen molar-refractivity contribution in [3.05, 3.63) is 48.0 Å². The molecule has 5 nitrogen and oxygen atoms in total. The Morgan fingerprint density at radius 2 is 1.83 bits per heavy atom. The van der Waals surface area contributed by atoms with Gasteiger partial charge in [-0.15, -0.1) is 11.3 Å². The molecule has 1 amide bonds. The summed E-state index contributed by atoms with van der Waals surface area (Å²) in [4.78, 5) is 22.5. The van der Waals surface area contributed by atoms with E-state index >= 15 is 0 Å². The number of benzene rings is 2. The summed E-state index contributed by atoms with van der Waals surface area (Å²) in [5.41, 5.74) is 5.97. The van der Waals surface area contributed by atoms with E-state index < -0.39 is 0 Å². The van der Waals surface area contributed by atoms with E-state index in [0.29, 0.717) is 5.56 Å². The van der Waals surface area contributed by atoms with Gasteiger partial charge in [-0.25, -0.2) is 15.0 Å². The maximum Gasteiger partial charge on any atom is 0.265 e. The first-order valence-electron chi connectivity index (χ1n) is 7.19. The van der Waals surface area contributed by atoms with Crippen LogP contribution in [0.2, 0.25) is 0 Å². The van der Waals surface area contributed by atoms with E-state index in [1.54, 1.807) is 30.4 Å². The van der Waals surface area contributed by atoms with Crippen molar-refractivity contribution in [2.45, 2.75) is 0 Å². The highest BCUT2D eigenvalue weighted by Crippen LogP contribution is 2.33. The fourth-order valence-electron chi connectivity index (χ4n) is 2.55. The van der Waals surface area contributed by atoms with Crippen LogP contribution >= 0.6 is 11.3 Å². The molecule has 0 aliphatic rings. The van der Waals surface area contributed by atoms with E-state index in [1.165, 1.54) is 0 Å². The van der Waals surface area contributed by atoms with E-state index in [1.807, 2.05) is 42.5 Å². The lowest BCUT2D eigenvalue weighted by Crippen LogP contribution is -2.36. The molecular formula is C17H14N4OS. The van der Waals surface area contributed by atoms with Crippen LogP contribution in [0.15, 0.2) is 42.5 Å². The minimum atomic E-state index is -0.134. The van der Waals surface area contributed by atoms with Gasteiger partial charge in [0.2, 0.25) is 0 Å². The molecule has 2 heterocycles. The third-order valence-electron chi connectivity index (χ3n) is 3.57. The second-order valence-corrected chi connectivity index (χ2v) is 6.55. The molecule has 0 aliphatic heterocycles. The molecule has 0 atom stereocenters. The minimum absolute atomic E-state index is 0.134. The van der Waals surface area contributed by atoms with E-state index in [0.717, 1.165) is 31.5 Å². The zero-order valence-electron chi connectivity index (χ0n) is 12.7. The second-order valence-electron chi connectivity index (χ2n) is 5.51. The van der Waals surface area contributed by atoms with E-state index in [4.69, 9.17) is 4.98 Å². The van der Waals surface area contributed by atoms with Crippen molar-refractivity contribution >= 4 is 48.7 Å². The number of rotatable bonds is 2. The normalized spacial score (nSPS) is 11.6. The molecule has 4 rings (SSSR count). The molecule has 0 unspecified atom stereocenters. The zero-order chi connectivity index (χ0) is 16.0. The lowest BCUT2D eigenvalue weighted by atomic mass is 10.1. The average Bonchev–Trinajstić information content (AvgIpc) is 2.88. The van der Waals surface area contributed by atoms with E-state index in [9.17, 15) is 4.79 Å². The predicted molar refractivity (Wildman–Crippen MR) is 93.6 cm³/mol. The number of carbonyl (C=O) groups excluding carboxylic acids is 1. The predicted octanol–water partition coefficient (Wildman–Crippen LogP) is 3.20. The highest BCUT2D eigenvalue weighted by Gasteiger charge is 2.13. The quantitative estimate of drug-likeness (QED) is 0.576. The van der Waals surface area contributed by atoms with Gasteiger partial charge in [0, 0.05) is 29.7 Å². The van der Waals surface area contributed by atoms with Crippen LogP contribution in [0.3, 0.4) is 0 Å². The smallest absolute Gasteiger partial charge is 0.265 e. The number of para-hydroxylation sites is 2. The third-order valence-corrected chi connectivity index (χ3v) is 4.62. The number of amides is 1. The molecule has 1 N–H and O–H groups in total. The van der Waals surface area contributed by atoms with Crippen molar-refractivity contribution in [3.8, 4) is 0 Å². The molecule has 2 aromatic heterocycles. The van der Waals surface area contributed by atoms with Crippen LogP contribution in [-0.4, -0.2) is 35.0 Å². The number of aromatic nitrogens is 2. The summed E-state index contributed by atoms with van der Waals surface area (Å²) >= 11 is 1.60. The Labute approximate surface area is 136 Å². The Morgan fingerprint density at radius 1 is 1.09 bits per heavy atom. The molecule has 0 bridgehead atoms. The Bertz CT molecular complexity index is 1050. The fraction of sp³-hybridized carbons (Fsp3) is 0.118. The summed E-state index contributed by atoms with van der Waals surface area (Å²) in [5.74, 6) is -0.134. The number of hydrogen-bond donors (Lipinski definition) is 1. The number of nitrogens with zero attached hydrogens (tertiary/aromatic N) is 3. The van der Waals surface area contributed by atoms with Crippen molar-refractivity contribution < 1.29 is 4.79 Å². The SMILES string of the molecule is CN(C)NC(=O)c1ccc2sc3nc4ccccc4nc3c2c1. The third kappa shape index (κ3) is 2.42. The van der Waals surface area contributed by atoms with Gasteiger partial charge in [-0.1, -0.05) is 12.1 Å². The zero-order valence-corrected chi connectivity index (χ0v) is 13.5. The van der Waals surface area contributed by atoms with Crippen LogP contribution in [0, 0.1) is 0 Å². The van der Waals surface area contributed by atoms with Crippen LogP contribution < -0.4 is 5.43 Å². The number of nitrogens with one attached hydrogen (secondary N) is 1. The molecule has 0 aliphatic carbocycles. The molecule has 23 heavy (non-hydrogen) atoms. The van der Waals surface area contributed by atoms with Gasteiger partial charge in [0.15, 0.2) is 0 Å². The van der Waals surface area contributed by atoms with Gasteiger partial charge < -0.3 is 0 Å². The molecule has 4 aromatic rings. The highest BCUT2D eigenvalue weighted by atomic mass is 32.1. The Morgan fingerprint density at radius 3 is 2.57 bits per heavy atom. The molecule has 0 fully saturated rings. The molecule has 2 aromatic carbocycles. The largest absolute Gasteiger partial charge is 0.285 e. The Balaban J connectivity index is 1.94. The Hall–Kier alpha value is -2.57. The molecular weight excluding hydrogens is 308 g/mol. The molecule has 0 radical (unpaired) electrons. The first-order chi connectivity index (χ1) is 11.1. The molecule has 6 heteroatoms. The molecule has 0 saturated heterocycles. The van der Waals surface area contributed by atoms with E-state index in [2.05, 4.69) is 10.4 Å². The topological polar surface area (TPSA) is 58.1 Å². The van der Waals surface area contributed by atoms with E-state index in [-0.39, 0.29) is 5.91 Å². The maximum atomic E-state index is 12.2. The number of carbonyl (C=O) groups is 1. The van der Waals surface area contributed by atoms with Crippen molar-refractivity contribution in [1.82, 2.24) is 20.4 Å². The summed E-state index contributed by atoms with van der Waals surface area (Å²) in [7, 11) is 3.57. The summed E-state index contributed by atoms with van der Waals surface area (Å²) in [6.45, 7) is 0. The van der Waals surface area contributed by atoms with Crippen molar-refractivity contribution in [2.24, 2.45) is 0 Å².